The zero-order valence-corrected chi connectivity index (χ0v) is 10.3. The maximum atomic E-state index is 10.8. The number of primary amides is 1. The van der Waals surface area contributed by atoms with Crippen LogP contribution in [0.15, 0.2) is 0 Å². The van der Waals surface area contributed by atoms with Crippen LogP contribution in [-0.2, 0) is 4.79 Å². The van der Waals surface area contributed by atoms with Crippen LogP contribution < -0.4 is 11.5 Å². The molecule has 0 fully saturated rings. The quantitative estimate of drug-likeness (QED) is 0.626. The molecule has 0 aliphatic carbocycles. The Morgan fingerprint density at radius 2 is 1.93 bits per heavy atom. The van der Waals surface area contributed by atoms with Gasteiger partial charge in [-0.05, 0) is 26.3 Å². The van der Waals surface area contributed by atoms with E-state index in [0.29, 0.717) is 19.5 Å². The minimum atomic E-state index is -0.244. The van der Waals surface area contributed by atoms with Crippen LogP contribution in [0.25, 0.3) is 0 Å². The first-order valence-corrected chi connectivity index (χ1v) is 5.73. The van der Waals surface area contributed by atoms with Crippen LogP contribution in [0.5, 0.6) is 0 Å². The predicted octanol–water partition coefficient (Wildman–Crippen LogP) is 0.701. The van der Waals surface area contributed by atoms with Crippen molar-refractivity contribution in [2.45, 2.75) is 45.6 Å². The third-order valence-corrected chi connectivity index (χ3v) is 3.09. The van der Waals surface area contributed by atoms with Crippen LogP contribution in [0.3, 0.4) is 0 Å². The van der Waals surface area contributed by atoms with E-state index in [1.54, 1.807) is 0 Å². The summed E-state index contributed by atoms with van der Waals surface area (Å²) in [5, 5.41) is 0. The van der Waals surface area contributed by atoms with E-state index in [9.17, 15) is 4.79 Å². The van der Waals surface area contributed by atoms with Gasteiger partial charge in [-0.25, -0.2) is 0 Å². The average molecular weight is 215 g/mol. The van der Waals surface area contributed by atoms with Gasteiger partial charge >= 0.3 is 0 Å². The summed E-state index contributed by atoms with van der Waals surface area (Å²) in [6, 6.07) is 0. The first-order chi connectivity index (χ1) is 7.00. The zero-order valence-electron chi connectivity index (χ0n) is 10.3. The van der Waals surface area contributed by atoms with E-state index in [1.165, 1.54) is 0 Å². The van der Waals surface area contributed by atoms with Gasteiger partial charge < -0.3 is 11.5 Å². The number of hydrogen-bond acceptors (Lipinski definition) is 3. The van der Waals surface area contributed by atoms with Crippen molar-refractivity contribution in [1.29, 1.82) is 0 Å². The molecule has 90 valence electrons. The Kier molecular flexibility index (Phi) is 6.52. The van der Waals surface area contributed by atoms with Crippen molar-refractivity contribution in [3.63, 3.8) is 0 Å². The summed E-state index contributed by atoms with van der Waals surface area (Å²) in [6.45, 7) is 8.69. The molecule has 0 saturated heterocycles. The molecular weight excluding hydrogens is 190 g/mol. The molecule has 0 bridgehead atoms. The van der Waals surface area contributed by atoms with Crippen molar-refractivity contribution in [1.82, 2.24) is 4.90 Å². The highest BCUT2D eigenvalue weighted by atomic mass is 16.1. The summed E-state index contributed by atoms with van der Waals surface area (Å²) in [4.78, 5) is 13.1. The number of amides is 1. The monoisotopic (exact) mass is 215 g/mol. The third kappa shape index (κ3) is 4.62. The van der Waals surface area contributed by atoms with Gasteiger partial charge in [-0.1, -0.05) is 13.8 Å². The minimum Gasteiger partial charge on any atom is -0.370 e. The van der Waals surface area contributed by atoms with Gasteiger partial charge in [0.05, 0.1) is 0 Å². The Hall–Kier alpha value is -0.610. The van der Waals surface area contributed by atoms with Crippen molar-refractivity contribution in [2.24, 2.45) is 11.5 Å². The SMILES string of the molecule is CCCN(CCC(N)=O)C(C)(CC)CN. The molecule has 0 aromatic rings. The van der Waals surface area contributed by atoms with Gasteiger partial charge in [-0.2, -0.15) is 0 Å². The molecule has 0 saturated carbocycles. The molecule has 0 aliphatic rings. The second-order valence-corrected chi connectivity index (χ2v) is 4.26. The number of rotatable bonds is 8. The fraction of sp³-hybridized carbons (Fsp3) is 0.909. The Morgan fingerprint density at radius 1 is 1.33 bits per heavy atom. The normalized spacial score (nSPS) is 15.3. The fourth-order valence-corrected chi connectivity index (χ4v) is 1.66. The molecule has 0 aromatic heterocycles. The number of hydrogen-bond donors (Lipinski definition) is 2. The third-order valence-electron chi connectivity index (χ3n) is 3.09. The highest BCUT2D eigenvalue weighted by molar-refractivity contribution is 5.73. The van der Waals surface area contributed by atoms with Gasteiger partial charge in [0.25, 0.3) is 0 Å². The van der Waals surface area contributed by atoms with Gasteiger partial charge in [0.1, 0.15) is 0 Å². The maximum Gasteiger partial charge on any atom is 0.218 e. The van der Waals surface area contributed by atoms with E-state index in [1.807, 2.05) is 0 Å². The molecule has 4 heteroatoms. The molecule has 0 aliphatic heterocycles. The second-order valence-electron chi connectivity index (χ2n) is 4.26. The number of nitrogens with zero attached hydrogens (tertiary/aromatic N) is 1. The van der Waals surface area contributed by atoms with Crippen molar-refractivity contribution >= 4 is 5.91 Å². The Morgan fingerprint density at radius 3 is 2.27 bits per heavy atom. The summed E-state index contributed by atoms with van der Waals surface area (Å²) >= 11 is 0. The highest BCUT2D eigenvalue weighted by Crippen LogP contribution is 2.18. The predicted molar refractivity (Wildman–Crippen MR) is 63.4 cm³/mol. The standard InChI is InChI=1S/C11H25N3O/c1-4-7-14(8-6-10(13)15)11(3,5-2)9-12/h4-9,12H2,1-3H3,(H2,13,15). The highest BCUT2D eigenvalue weighted by Gasteiger charge is 2.27. The summed E-state index contributed by atoms with van der Waals surface area (Å²) in [7, 11) is 0. The van der Waals surface area contributed by atoms with Gasteiger partial charge in [0.2, 0.25) is 5.91 Å². The largest absolute Gasteiger partial charge is 0.370 e. The Balaban J connectivity index is 4.40. The summed E-state index contributed by atoms with van der Waals surface area (Å²) < 4.78 is 0. The van der Waals surface area contributed by atoms with Crippen LogP contribution in [-0.4, -0.2) is 36.0 Å². The van der Waals surface area contributed by atoms with E-state index in [-0.39, 0.29) is 11.4 Å². The molecule has 0 rings (SSSR count). The topological polar surface area (TPSA) is 72.3 Å². The lowest BCUT2D eigenvalue weighted by Gasteiger charge is -2.40. The van der Waals surface area contributed by atoms with Crippen LogP contribution in [0.4, 0.5) is 0 Å². The molecule has 0 aromatic carbocycles. The van der Waals surface area contributed by atoms with Crippen molar-refractivity contribution in [3.8, 4) is 0 Å². The number of nitrogens with two attached hydrogens (primary N) is 2. The first-order valence-electron chi connectivity index (χ1n) is 5.73. The number of carbonyl (C=O) groups is 1. The molecular formula is C11H25N3O. The molecule has 0 radical (unpaired) electrons. The van der Waals surface area contributed by atoms with E-state index in [0.717, 1.165) is 19.4 Å². The first kappa shape index (κ1) is 14.4. The summed E-state index contributed by atoms with van der Waals surface area (Å²) in [5.41, 5.74) is 11.0. The Bertz CT molecular complexity index is 190. The van der Waals surface area contributed by atoms with E-state index in [4.69, 9.17) is 11.5 Å². The second kappa shape index (κ2) is 6.80. The van der Waals surface area contributed by atoms with E-state index < -0.39 is 0 Å². The smallest absolute Gasteiger partial charge is 0.218 e. The van der Waals surface area contributed by atoms with E-state index >= 15 is 0 Å². The van der Waals surface area contributed by atoms with Crippen LogP contribution >= 0.6 is 0 Å². The van der Waals surface area contributed by atoms with Gasteiger partial charge in [-0.15, -0.1) is 0 Å². The van der Waals surface area contributed by atoms with Crippen LogP contribution in [0, 0.1) is 0 Å². The molecule has 0 heterocycles. The van der Waals surface area contributed by atoms with Crippen LogP contribution in [0.1, 0.15) is 40.0 Å². The lowest BCUT2D eigenvalue weighted by molar-refractivity contribution is -0.118. The average Bonchev–Trinajstić information content (AvgIpc) is 2.22. The molecule has 0 spiro atoms. The molecule has 15 heavy (non-hydrogen) atoms. The van der Waals surface area contributed by atoms with Crippen molar-refractivity contribution in [2.75, 3.05) is 19.6 Å². The molecule has 1 atom stereocenters. The van der Waals surface area contributed by atoms with Gasteiger partial charge in [0, 0.05) is 25.0 Å². The molecule has 4 nitrogen and oxygen atoms in total. The van der Waals surface area contributed by atoms with Gasteiger partial charge in [0.15, 0.2) is 0 Å². The molecule has 4 N–H and O–H groups in total. The summed E-state index contributed by atoms with van der Waals surface area (Å²) in [5.74, 6) is -0.244. The zero-order chi connectivity index (χ0) is 11.9. The Labute approximate surface area is 93.0 Å². The number of carbonyl (C=O) groups excluding carboxylic acids is 1. The molecule has 1 amide bonds. The van der Waals surface area contributed by atoms with Gasteiger partial charge in [-0.3, -0.25) is 9.69 Å². The van der Waals surface area contributed by atoms with E-state index in [2.05, 4.69) is 25.7 Å². The lowest BCUT2D eigenvalue weighted by Crippen LogP contribution is -2.52. The van der Waals surface area contributed by atoms with Crippen molar-refractivity contribution in [3.05, 3.63) is 0 Å². The minimum absolute atomic E-state index is 0.00847. The fourth-order valence-electron chi connectivity index (χ4n) is 1.66. The van der Waals surface area contributed by atoms with Crippen molar-refractivity contribution < 1.29 is 4.79 Å². The maximum absolute atomic E-state index is 10.8. The lowest BCUT2D eigenvalue weighted by atomic mass is 9.96. The van der Waals surface area contributed by atoms with Crippen LogP contribution in [0.2, 0.25) is 0 Å². The summed E-state index contributed by atoms with van der Waals surface area (Å²) in [6.07, 6.45) is 2.46. The molecule has 1 unspecified atom stereocenters.